The second-order valence-electron chi connectivity index (χ2n) is 5.91. The topological polar surface area (TPSA) is 69.7 Å². The quantitative estimate of drug-likeness (QED) is 0.401. The molecule has 1 aromatic heterocycles. The predicted molar refractivity (Wildman–Crippen MR) is 102 cm³/mol. The Morgan fingerprint density at radius 2 is 1.85 bits per heavy atom. The smallest absolute Gasteiger partial charge is 0.170 e. The van der Waals surface area contributed by atoms with Gasteiger partial charge in [-0.2, -0.15) is 0 Å². The molecule has 132 valence electrons. The van der Waals surface area contributed by atoms with Gasteiger partial charge in [-0.05, 0) is 30.7 Å². The van der Waals surface area contributed by atoms with Gasteiger partial charge in [0.05, 0.1) is 0 Å². The fourth-order valence-electron chi connectivity index (χ4n) is 2.31. The van der Waals surface area contributed by atoms with Crippen LogP contribution in [0.4, 0.5) is 0 Å². The van der Waals surface area contributed by atoms with Crippen molar-refractivity contribution in [1.29, 1.82) is 0 Å². The van der Waals surface area contributed by atoms with Crippen molar-refractivity contribution in [2.45, 2.75) is 20.1 Å². The van der Waals surface area contributed by atoms with Gasteiger partial charge in [0.25, 0.3) is 0 Å². The van der Waals surface area contributed by atoms with Crippen LogP contribution in [0.5, 0.6) is 5.75 Å². The predicted octanol–water partition coefficient (Wildman–Crippen LogP) is 3.81. The Labute approximate surface area is 153 Å². The third-order valence-corrected chi connectivity index (χ3v) is 3.77. The van der Waals surface area contributed by atoms with Crippen LogP contribution in [0.15, 0.2) is 78.2 Å². The summed E-state index contributed by atoms with van der Waals surface area (Å²) in [5.41, 5.74) is 10.0. The van der Waals surface area contributed by atoms with E-state index < -0.39 is 0 Å². The summed E-state index contributed by atoms with van der Waals surface area (Å²) in [6.07, 6.45) is 3.51. The number of nitrogens with zero attached hydrogens (tertiary/aromatic N) is 2. The minimum Gasteiger partial charge on any atom is -0.489 e. The van der Waals surface area contributed by atoms with Crippen molar-refractivity contribution in [2.75, 3.05) is 0 Å². The van der Waals surface area contributed by atoms with E-state index in [1.54, 1.807) is 12.4 Å². The molecule has 0 saturated carbocycles. The largest absolute Gasteiger partial charge is 0.489 e. The Hall–Kier alpha value is -3.34. The highest BCUT2D eigenvalue weighted by atomic mass is 16.6. The van der Waals surface area contributed by atoms with Crippen molar-refractivity contribution in [3.8, 4) is 5.75 Å². The van der Waals surface area contributed by atoms with Gasteiger partial charge in [-0.3, -0.25) is 4.98 Å². The van der Waals surface area contributed by atoms with Crippen LogP contribution >= 0.6 is 0 Å². The lowest BCUT2D eigenvalue weighted by molar-refractivity contribution is 0.130. The zero-order valence-electron chi connectivity index (χ0n) is 14.6. The number of benzene rings is 2. The molecule has 0 fully saturated rings. The average Bonchev–Trinajstić information content (AvgIpc) is 2.69. The van der Waals surface area contributed by atoms with Gasteiger partial charge in [0.15, 0.2) is 5.84 Å². The zero-order valence-corrected chi connectivity index (χ0v) is 14.6. The number of nitrogens with two attached hydrogens (primary N) is 1. The fourth-order valence-corrected chi connectivity index (χ4v) is 2.31. The number of rotatable bonds is 7. The first kappa shape index (κ1) is 17.5. The van der Waals surface area contributed by atoms with E-state index in [4.69, 9.17) is 15.3 Å². The van der Waals surface area contributed by atoms with Crippen molar-refractivity contribution in [3.63, 3.8) is 0 Å². The first-order chi connectivity index (χ1) is 12.7. The first-order valence-corrected chi connectivity index (χ1v) is 8.34. The molecular formula is C21H21N3O2. The number of aryl methyl sites for hydroxylation is 1. The molecule has 26 heavy (non-hydrogen) atoms. The molecule has 3 aromatic rings. The molecule has 0 bridgehead atoms. The monoisotopic (exact) mass is 347 g/mol. The maximum absolute atomic E-state index is 6.02. The van der Waals surface area contributed by atoms with Crippen LogP contribution in [0.2, 0.25) is 0 Å². The van der Waals surface area contributed by atoms with Crippen molar-refractivity contribution in [1.82, 2.24) is 4.98 Å². The standard InChI is InChI=1S/C21H21N3O2/c1-16-7-9-17(10-8-16)15-26-24-21(22)19-5-2-6-20(12-19)25-14-18-4-3-11-23-13-18/h2-13H,14-15H2,1H3,(H2,22,24). The molecule has 0 spiro atoms. The number of pyridine rings is 1. The lowest BCUT2D eigenvalue weighted by atomic mass is 10.2. The number of oxime groups is 1. The van der Waals surface area contributed by atoms with Crippen LogP contribution < -0.4 is 10.5 Å². The normalized spacial score (nSPS) is 11.2. The fraction of sp³-hybridized carbons (Fsp3) is 0.143. The van der Waals surface area contributed by atoms with Gasteiger partial charge in [0.1, 0.15) is 19.0 Å². The van der Waals surface area contributed by atoms with Crippen molar-refractivity contribution in [2.24, 2.45) is 10.9 Å². The Morgan fingerprint density at radius 1 is 1.00 bits per heavy atom. The first-order valence-electron chi connectivity index (χ1n) is 8.34. The molecule has 0 aliphatic carbocycles. The van der Waals surface area contributed by atoms with Gasteiger partial charge in [0, 0.05) is 23.5 Å². The van der Waals surface area contributed by atoms with E-state index in [0.717, 1.165) is 16.7 Å². The maximum Gasteiger partial charge on any atom is 0.170 e. The highest BCUT2D eigenvalue weighted by Crippen LogP contribution is 2.15. The lowest BCUT2D eigenvalue weighted by Gasteiger charge is -2.08. The van der Waals surface area contributed by atoms with Crippen LogP contribution in [0.3, 0.4) is 0 Å². The lowest BCUT2D eigenvalue weighted by Crippen LogP contribution is -2.14. The summed E-state index contributed by atoms with van der Waals surface area (Å²) in [5.74, 6) is 1.02. The Bertz CT molecular complexity index is 862. The molecule has 0 radical (unpaired) electrons. The molecule has 0 amide bonds. The molecular weight excluding hydrogens is 326 g/mol. The second kappa shape index (κ2) is 8.67. The Balaban J connectivity index is 1.58. The van der Waals surface area contributed by atoms with Gasteiger partial charge in [0.2, 0.25) is 0 Å². The summed E-state index contributed by atoms with van der Waals surface area (Å²) >= 11 is 0. The summed E-state index contributed by atoms with van der Waals surface area (Å²) in [7, 11) is 0. The van der Waals surface area contributed by atoms with Gasteiger partial charge in [-0.15, -0.1) is 0 Å². The molecule has 5 heteroatoms. The highest BCUT2D eigenvalue weighted by Gasteiger charge is 2.03. The van der Waals surface area contributed by atoms with Gasteiger partial charge >= 0.3 is 0 Å². The molecule has 1 heterocycles. The van der Waals surface area contributed by atoms with E-state index in [-0.39, 0.29) is 0 Å². The van der Waals surface area contributed by atoms with Crippen molar-refractivity contribution >= 4 is 5.84 Å². The van der Waals surface area contributed by atoms with Gasteiger partial charge in [-0.25, -0.2) is 0 Å². The molecule has 0 aliphatic rings. The van der Waals surface area contributed by atoms with Crippen LogP contribution in [0.1, 0.15) is 22.3 Å². The van der Waals surface area contributed by atoms with Gasteiger partial charge < -0.3 is 15.3 Å². The molecule has 0 unspecified atom stereocenters. The van der Waals surface area contributed by atoms with Gasteiger partial charge in [-0.1, -0.05) is 53.2 Å². The number of hydrogen-bond donors (Lipinski definition) is 1. The van der Waals surface area contributed by atoms with E-state index in [9.17, 15) is 0 Å². The molecule has 0 aliphatic heterocycles. The third-order valence-electron chi connectivity index (χ3n) is 3.77. The second-order valence-corrected chi connectivity index (χ2v) is 5.91. The van der Waals surface area contributed by atoms with Crippen molar-refractivity contribution in [3.05, 3.63) is 95.3 Å². The zero-order chi connectivity index (χ0) is 18.2. The average molecular weight is 347 g/mol. The molecule has 2 aromatic carbocycles. The van der Waals surface area contributed by atoms with Crippen LogP contribution in [-0.4, -0.2) is 10.8 Å². The summed E-state index contributed by atoms with van der Waals surface area (Å²) in [6, 6.07) is 19.4. The van der Waals surface area contributed by atoms with Crippen LogP contribution in [-0.2, 0) is 18.1 Å². The van der Waals surface area contributed by atoms with E-state index in [1.807, 2.05) is 67.6 Å². The summed E-state index contributed by atoms with van der Waals surface area (Å²) < 4.78 is 5.78. The van der Waals surface area contributed by atoms with E-state index in [0.29, 0.717) is 24.8 Å². The van der Waals surface area contributed by atoms with Crippen LogP contribution in [0, 0.1) is 6.92 Å². The van der Waals surface area contributed by atoms with E-state index in [1.165, 1.54) is 5.56 Å². The van der Waals surface area contributed by atoms with E-state index >= 15 is 0 Å². The Morgan fingerprint density at radius 3 is 2.62 bits per heavy atom. The number of aromatic nitrogens is 1. The summed E-state index contributed by atoms with van der Waals surface area (Å²) in [5, 5.41) is 4.00. The number of hydrogen-bond acceptors (Lipinski definition) is 4. The summed E-state index contributed by atoms with van der Waals surface area (Å²) in [6.45, 7) is 2.86. The Kier molecular flexibility index (Phi) is 5.83. The minimum atomic E-state index is 0.309. The number of ether oxygens (including phenoxy) is 1. The highest BCUT2D eigenvalue weighted by molar-refractivity contribution is 5.97. The third kappa shape index (κ3) is 5.08. The molecule has 2 N–H and O–H groups in total. The molecule has 0 atom stereocenters. The molecule has 5 nitrogen and oxygen atoms in total. The maximum atomic E-state index is 6.02. The SMILES string of the molecule is Cc1ccc(CON=C(N)c2cccc(OCc3cccnc3)c2)cc1. The summed E-state index contributed by atoms with van der Waals surface area (Å²) in [4.78, 5) is 9.43. The van der Waals surface area contributed by atoms with Crippen molar-refractivity contribution < 1.29 is 9.57 Å². The molecule has 3 rings (SSSR count). The van der Waals surface area contributed by atoms with Crippen LogP contribution in [0.25, 0.3) is 0 Å². The molecule has 0 saturated heterocycles. The number of amidine groups is 1. The minimum absolute atomic E-state index is 0.309. The van der Waals surface area contributed by atoms with E-state index in [2.05, 4.69) is 10.1 Å².